The normalized spacial score (nSPS) is 20.8. The van der Waals surface area contributed by atoms with Crippen molar-refractivity contribution in [1.82, 2.24) is 10.2 Å². The molecule has 1 aromatic heterocycles. The van der Waals surface area contributed by atoms with Crippen LogP contribution in [0.1, 0.15) is 22.4 Å². The van der Waals surface area contributed by atoms with Crippen molar-refractivity contribution in [1.29, 1.82) is 0 Å². The van der Waals surface area contributed by atoms with Crippen LogP contribution in [0.25, 0.3) is 0 Å². The summed E-state index contributed by atoms with van der Waals surface area (Å²) in [6.45, 7) is 1.69. The zero-order chi connectivity index (χ0) is 14.3. The smallest absolute Gasteiger partial charge is 0.317 e. The van der Waals surface area contributed by atoms with E-state index < -0.39 is 5.41 Å². The Kier molecular flexibility index (Phi) is 2.85. The van der Waals surface area contributed by atoms with Crippen LogP contribution in [0.2, 0.25) is 0 Å². The van der Waals surface area contributed by atoms with Crippen LogP contribution in [0.15, 0.2) is 24.4 Å². The van der Waals surface area contributed by atoms with Gasteiger partial charge in [-0.15, -0.1) is 0 Å². The second-order valence-electron chi connectivity index (χ2n) is 5.21. The average Bonchev–Trinajstić information content (AvgIpc) is 3.00. The molecule has 0 spiro atoms. The van der Waals surface area contributed by atoms with Crippen LogP contribution in [-0.2, 0) is 27.8 Å². The van der Waals surface area contributed by atoms with E-state index in [-0.39, 0.29) is 11.8 Å². The molecule has 104 valence electrons. The van der Waals surface area contributed by atoms with Crippen LogP contribution in [-0.4, -0.2) is 23.3 Å². The lowest BCUT2D eigenvalue weighted by molar-refractivity contribution is -0.147. The molecule has 0 radical (unpaired) electrons. The molecule has 0 amide bonds. The third-order valence-electron chi connectivity index (χ3n) is 4.14. The molecule has 5 heteroatoms. The number of halogens is 1. The van der Waals surface area contributed by atoms with Gasteiger partial charge in [-0.3, -0.25) is 9.89 Å². The minimum absolute atomic E-state index is 0.306. The molecule has 0 saturated heterocycles. The van der Waals surface area contributed by atoms with Gasteiger partial charge in [0.1, 0.15) is 11.2 Å². The van der Waals surface area contributed by atoms with Crippen molar-refractivity contribution in [2.24, 2.45) is 0 Å². The summed E-state index contributed by atoms with van der Waals surface area (Å²) in [5, 5.41) is 6.88. The number of aromatic amines is 1. The molecule has 1 N–H and O–H groups in total. The van der Waals surface area contributed by atoms with Crippen LogP contribution in [0, 0.1) is 12.7 Å². The van der Waals surface area contributed by atoms with Crippen LogP contribution >= 0.6 is 0 Å². The minimum atomic E-state index is -0.856. The number of aromatic nitrogens is 2. The second kappa shape index (κ2) is 4.44. The molecular formula is C15H15FN2O2. The lowest BCUT2D eigenvalue weighted by Crippen LogP contribution is -2.39. The molecule has 1 aliphatic carbocycles. The van der Waals surface area contributed by atoms with Gasteiger partial charge >= 0.3 is 5.97 Å². The zero-order valence-electron chi connectivity index (χ0n) is 11.4. The Bertz CT molecular complexity index is 658. The third-order valence-corrected chi connectivity index (χ3v) is 4.14. The minimum Gasteiger partial charge on any atom is -0.468 e. The van der Waals surface area contributed by atoms with Crippen molar-refractivity contribution in [2.75, 3.05) is 7.11 Å². The number of carbonyl (C=O) groups excluding carboxylic acids is 1. The Balaban J connectivity index is 2.16. The Morgan fingerprint density at radius 1 is 1.45 bits per heavy atom. The van der Waals surface area contributed by atoms with Crippen LogP contribution in [0.3, 0.4) is 0 Å². The number of carbonyl (C=O) groups is 1. The fourth-order valence-corrected chi connectivity index (χ4v) is 3.10. The van der Waals surface area contributed by atoms with Crippen LogP contribution < -0.4 is 0 Å². The third kappa shape index (κ3) is 1.66. The molecule has 0 saturated carbocycles. The molecule has 1 atom stereocenters. The molecule has 2 aromatic rings. The first-order chi connectivity index (χ1) is 9.58. The summed E-state index contributed by atoms with van der Waals surface area (Å²) < 4.78 is 18.8. The number of nitrogens with one attached hydrogen (secondary N) is 1. The van der Waals surface area contributed by atoms with E-state index in [4.69, 9.17) is 4.74 Å². The highest BCUT2D eigenvalue weighted by molar-refractivity contribution is 5.85. The van der Waals surface area contributed by atoms with Crippen molar-refractivity contribution in [3.05, 3.63) is 52.6 Å². The highest BCUT2D eigenvalue weighted by Gasteiger charge is 2.48. The van der Waals surface area contributed by atoms with E-state index in [1.54, 1.807) is 25.3 Å². The van der Waals surface area contributed by atoms with Crippen LogP contribution in [0.5, 0.6) is 0 Å². The summed E-state index contributed by atoms with van der Waals surface area (Å²) in [5.74, 6) is -0.643. The largest absolute Gasteiger partial charge is 0.468 e. The Morgan fingerprint density at radius 2 is 2.25 bits per heavy atom. The van der Waals surface area contributed by atoms with Crippen molar-refractivity contribution in [2.45, 2.75) is 25.2 Å². The molecule has 0 unspecified atom stereocenters. The van der Waals surface area contributed by atoms with E-state index in [9.17, 15) is 9.18 Å². The van der Waals surface area contributed by atoms with Gasteiger partial charge in [-0.2, -0.15) is 5.10 Å². The number of methoxy groups -OCH3 is 1. The van der Waals surface area contributed by atoms with Gasteiger partial charge in [0.25, 0.3) is 0 Å². The summed E-state index contributed by atoms with van der Waals surface area (Å²) in [6.07, 6.45) is 2.66. The summed E-state index contributed by atoms with van der Waals surface area (Å²) in [4.78, 5) is 12.4. The Hall–Kier alpha value is -2.17. The van der Waals surface area contributed by atoms with Gasteiger partial charge in [0.2, 0.25) is 0 Å². The molecule has 3 rings (SSSR count). The lowest BCUT2D eigenvalue weighted by atomic mass is 9.76. The van der Waals surface area contributed by atoms with Gasteiger partial charge in [0.05, 0.1) is 13.3 Å². The van der Waals surface area contributed by atoms with Crippen molar-refractivity contribution < 1.29 is 13.9 Å². The fourth-order valence-electron chi connectivity index (χ4n) is 3.10. The summed E-state index contributed by atoms with van der Waals surface area (Å²) in [7, 11) is 1.36. The molecule has 0 fully saturated rings. The number of fused-ring (bicyclic) bond motifs is 1. The highest BCUT2D eigenvalue weighted by Crippen LogP contribution is 2.41. The van der Waals surface area contributed by atoms with Gasteiger partial charge in [0.15, 0.2) is 0 Å². The molecule has 0 bridgehead atoms. The van der Waals surface area contributed by atoms with Gasteiger partial charge in [-0.05, 0) is 36.1 Å². The summed E-state index contributed by atoms with van der Waals surface area (Å²) in [6, 6.07) is 4.83. The predicted molar refractivity (Wildman–Crippen MR) is 70.8 cm³/mol. The van der Waals surface area contributed by atoms with E-state index in [1.807, 2.05) is 0 Å². The molecule has 1 heterocycles. The zero-order valence-corrected chi connectivity index (χ0v) is 11.4. The average molecular weight is 274 g/mol. The van der Waals surface area contributed by atoms with Gasteiger partial charge in [-0.25, -0.2) is 4.39 Å². The number of benzene rings is 1. The van der Waals surface area contributed by atoms with E-state index in [1.165, 1.54) is 13.2 Å². The monoisotopic (exact) mass is 274 g/mol. The number of hydrogen-bond donors (Lipinski definition) is 1. The van der Waals surface area contributed by atoms with E-state index >= 15 is 0 Å². The maximum Gasteiger partial charge on any atom is 0.317 e. The first-order valence-corrected chi connectivity index (χ1v) is 6.43. The van der Waals surface area contributed by atoms with Gasteiger partial charge < -0.3 is 4.74 Å². The van der Waals surface area contributed by atoms with E-state index in [2.05, 4.69) is 10.2 Å². The number of hydrogen-bond acceptors (Lipinski definition) is 3. The lowest BCUT2D eigenvalue weighted by Gasteiger charge is -2.28. The highest BCUT2D eigenvalue weighted by atomic mass is 19.1. The van der Waals surface area contributed by atoms with E-state index in [0.717, 1.165) is 11.3 Å². The first kappa shape index (κ1) is 12.8. The number of esters is 1. The number of H-pyrrole nitrogens is 1. The predicted octanol–water partition coefficient (Wildman–Crippen LogP) is 2.07. The van der Waals surface area contributed by atoms with Gasteiger partial charge in [-0.1, -0.05) is 12.1 Å². The maximum absolute atomic E-state index is 13.9. The number of nitrogens with zero attached hydrogens (tertiary/aromatic N) is 1. The molecular weight excluding hydrogens is 259 g/mol. The number of rotatable bonds is 2. The summed E-state index contributed by atoms with van der Waals surface area (Å²) >= 11 is 0. The Labute approximate surface area is 116 Å². The molecule has 0 aliphatic heterocycles. The molecule has 1 aliphatic rings. The number of ether oxygens (including phenoxy) is 1. The standard InChI is InChI=1S/C15H15FN2O2/c1-9-11(4-3-5-12(9)16)15(14(19)20-2)6-10-8-17-18-13(10)7-15/h3-5,8H,6-7H2,1-2H3,(H,17,18)/t15-/m0/s1. The van der Waals surface area contributed by atoms with Crippen molar-refractivity contribution in [3.8, 4) is 0 Å². The Morgan fingerprint density at radius 3 is 2.95 bits per heavy atom. The van der Waals surface area contributed by atoms with E-state index in [0.29, 0.717) is 24.0 Å². The molecule has 1 aromatic carbocycles. The second-order valence-corrected chi connectivity index (χ2v) is 5.21. The SMILES string of the molecule is COC(=O)[C@@]1(c2cccc(F)c2C)Cc2cn[nH]c2C1. The van der Waals surface area contributed by atoms with Gasteiger partial charge in [0, 0.05) is 12.1 Å². The molecule has 20 heavy (non-hydrogen) atoms. The van der Waals surface area contributed by atoms with Crippen molar-refractivity contribution in [3.63, 3.8) is 0 Å². The van der Waals surface area contributed by atoms with Crippen molar-refractivity contribution >= 4 is 5.97 Å². The first-order valence-electron chi connectivity index (χ1n) is 6.43. The fraction of sp³-hybridized carbons (Fsp3) is 0.333. The quantitative estimate of drug-likeness (QED) is 0.853. The summed E-state index contributed by atoms with van der Waals surface area (Å²) in [5.41, 5.74) is 2.23. The topological polar surface area (TPSA) is 55.0 Å². The molecule has 4 nitrogen and oxygen atoms in total. The maximum atomic E-state index is 13.9. The van der Waals surface area contributed by atoms with Crippen LogP contribution in [0.4, 0.5) is 4.39 Å².